The zero-order valence-corrected chi connectivity index (χ0v) is 10.5. The minimum Gasteiger partial charge on any atom is -0.494 e. The van der Waals surface area contributed by atoms with E-state index in [1.165, 1.54) is 0 Å². The summed E-state index contributed by atoms with van der Waals surface area (Å²) in [4.78, 5) is 11.7. The summed E-state index contributed by atoms with van der Waals surface area (Å²) in [6, 6.07) is 5.14. The van der Waals surface area contributed by atoms with Crippen LogP contribution in [-0.2, 0) is 4.74 Å². The lowest BCUT2D eigenvalue weighted by Gasteiger charge is -2.11. The highest BCUT2D eigenvalue weighted by Gasteiger charge is 2.14. The highest BCUT2D eigenvalue weighted by molar-refractivity contribution is 5.93. The van der Waals surface area contributed by atoms with Crippen molar-refractivity contribution < 1.29 is 19.0 Å². The maximum absolute atomic E-state index is 11.7. The lowest BCUT2D eigenvalue weighted by atomic mass is 10.2. The number of ether oxygens (including phenoxy) is 3. The lowest BCUT2D eigenvalue weighted by Crippen LogP contribution is -2.08. The molecule has 1 rings (SSSR count). The molecule has 1 aromatic carbocycles. The van der Waals surface area contributed by atoms with Crippen LogP contribution in [0.5, 0.6) is 11.5 Å². The van der Waals surface area contributed by atoms with Gasteiger partial charge in [-0.2, -0.15) is 0 Å². The smallest absolute Gasteiger partial charge is 0.342 e. The van der Waals surface area contributed by atoms with Crippen LogP contribution in [0.4, 0.5) is 0 Å². The molecule has 0 saturated heterocycles. The Morgan fingerprint density at radius 2 is 1.76 bits per heavy atom. The first-order valence-corrected chi connectivity index (χ1v) is 5.79. The Bertz CT molecular complexity index is 374. The zero-order valence-electron chi connectivity index (χ0n) is 10.5. The van der Waals surface area contributed by atoms with Crippen LogP contribution in [0.25, 0.3) is 0 Å². The van der Waals surface area contributed by atoms with Crippen LogP contribution in [-0.4, -0.2) is 25.8 Å². The van der Waals surface area contributed by atoms with Gasteiger partial charge in [0.15, 0.2) is 0 Å². The third kappa shape index (κ3) is 3.66. The largest absolute Gasteiger partial charge is 0.494 e. The van der Waals surface area contributed by atoms with Gasteiger partial charge < -0.3 is 14.2 Å². The van der Waals surface area contributed by atoms with Crippen LogP contribution in [0.3, 0.4) is 0 Å². The second-order valence-electron chi connectivity index (χ2n) is 3.24. The zero-order chi connectivity index (χ0) is 12.7. The maximum Gasteiger partial charge on any atom is 0.342 e. The lowest BCUT2D eigenvalue weighted by molar-refractivity contribution is 0.0521. The van der Waals surface area contributed by atoms with E-state index < -0.39 is 5.97 Å². The summed E-state index contributed by atoms with van der Waals surface area (Å²) >= 11 is 0. The Labute approximate surface area is 101 Å². The van der Waals surface area contributed by atoms with E-state index in [9.17, 15) is 4.79 Å². The van der Waals surface area contributed by atoms with E-state index >= 15 is 0 Å². The first kappa shape index (κ1) is 13.4. The van der Waals surface area contributed by atoms with Gasteiger partial charge in [0, 0.05) is 0 Å². The fourth-order valence-corrected chi connectivity index (χ4v) is 1.42. The summed E-state index contributed by atoms with van der Waals surface area (Å²) in [6.07, 6.45) is 0. The molecule has 0 atom stereocenters. The molecule has 0 N–H and O–H groups in total. The summed E-state index contributed by atoms with van der Waals surface area (Å²) in [5, 5.41) is 0. The van der Waals surface area contributed by atoms with E-state index in [0.29, 0.717) is 36.9 Å². The minimum absolute atomic E-state index is 0.337. The average molecular weight is 238 g/mol. The molecule has 4 heteroatoms. The van der Waals surface area contributed by atoms with Gasteiger partial charge in [0.05, 0.1) is 19.8 Å². The molecule has 0 radical (unpaired) electrons. The molecule has 0 saturated carbocycles. The minimum atomic E-state index is -0.391. The van der Waals surface area contributed by atoms with E-state index in [4.69, 9.17) is 14.2 Å². The van der Waals surface area contributed by atoms with E-state index in [2.05, 4.69) is 0 Å². The molecule has 0 heterocycles. The van der Waals surface area contributed by atoms with Crippen molar-refractivity contribution in [3.8, 4) is 11.5 Å². The van der Waals surface area contributed by atoms with Crippen molar-refractivity contribution in [2.45, 2.75) is 20.8 Å². The van der Waals surface area contributed by atoms with E-state index in [0.717, 1.165) is 0 Å². The Hall–Kier alpha value is -1.71. The van der Waals surface area contributed by atoms with E-state index in [1.807, 2.05) is 13.8 Å². The second kappa shape index (κ2) is 6.78. The number of carbonyl (C=O) groups is 1. The Morgan fingerprint density at radius 3 is 2.35 bits per heavy atom. The summed E-state index contributed by atoms with van der Waals surface area (Å²) in [7, 11) is 0. The molecule has 0 amide bonds. The monoisotopic (exact) mass is 238 g/mol. The fraction of sp³-hybridized carbons (Fsp3) is 0.462. The molecule has 94 valence electrons. The number of rotatable bonds is 6. The predicted molar refractivity (Wildman–Crippen MR) is 64.7 cm³/mol. The van der Waals surface area contributed by atoms with Gasteiger partial charge >= 0.3 is 5.97 Å². The van der Waals surface area contributed by atoms with Gasteiger partial charge in [-0.05, 0) is 39.0 Å². The second-order valence-corrected chi connectivity index (χ2v) is 3.24. The SMILES string of the molecule is CCOC(=O)c1cc(OCC)ccc1OCC. The van der Waals surface area contributed by atoms with Gasteiger partial charge in [0.1, 0.15) is 17.1 Å². The number of carbonyl (C=O) groups excluding carboxylic acids is 1. The fourth-order valence-electron chi connectivity index (χ4n) is 1.42. The van der Waals surface area contributed by atoms with Crippen LogP contribution in [0.1, 0.15) is 31.1 Å². The maximum atomic E-state index is 11.7. The standard InChI is InChI=1S/C13H18O4/c1-4-15-10-7-8-12(16-5-2)11(9-10)13(14)17-6-3/h7-9H,4-6H2,1-3H3. The molecule has 0 fully saturated rings. The molecule has 0 aliphatic rings. The Kier molecular flexibility index (Phi) is 5.33. The van der Waals surface area contributed by atoms with Crippen molar-refractivity contribution in [2.24, 2.45) is 0 Å². The topological polar surface area (TPSA) is 44.8 Å². The van der Waals surface area contributed by atoms with Gasteiger partial charge in [-0.1, -0.05) is 0 Å². The molecule has 0 aliphatic carbocycles. The van der Waals surface area contributed by atoms with E-state index in [-0.39, 0.29) is 0 Å². The third-order valence-corrected chi connectivity index (χ3v) is 2.06. The third-order valence-electron chi connectivity index (χ3n) is 2.06. The molecule has 0 bridgehead atoms. The molecular weight excluding hydrogens is 220 g/mol. The van der Waals surface area contributed by atoms with Gasteiger partial charge in [-0.15, -0.1) is 0 Å². The van der Waals surface area contributed by atoms with Crippen LogP contribution in [0.15, 0.2) is 18.2 Å². The number of hydrogen-bond donors (Lipinski definition) is 0. The molecule has 1 aromatic rings. The summed E-state index contributed by atoms with van der Waals surface area (Å²) < 4.78 is 15.7. The van der Waals surface area contributed by atoms with Gasteiger partial charge in [-0.3, -0.25) is 0 Å². The highest BCUT2D eigenvalue weighted by Crippen LogP contribution is 2.25. The van der Waals surface area contributed by atoms with Gasteiger partial charge in [0.25, 0.3) is 0 Å². The van der Waals surface area contributed by atoms with Gasteiger partial charge in [-0.25, -0.2) is 4.79 Å². The molecule has 17 heavy (non-hydrogen) atoms. The summed E-state index contributed by atoms with van der Waals surface area (Å²) in [6.45, 7) is 6.91. The van der Waals surface area contributed by atoms with Crippen molar-refractivity contribution in [1.82, 2.24) is 0 Å². The number of benzene rings is 1. The van der Waals surface area contributed by atoms with Gasteiger partial charge in [0.2, 0.25) is 0 Å². The van der Waals surface area contributed by atoms with Crippen molar-refractivity contribution in [3.05, 3.63) is 23.8 Å². The molecule has 0 aliphatic heterocycles. The van der Waals surface area contributed by atoms with Crippen molar-refractivity contribution in [1.29, 1.82) is 0 Å². The highest BCUT2D eigenvalue weighted by atomic mass is 16.5. The predicted octanol–water partition coefficient (Wildman–Crippen LogP) is 2.66. The number of hydrogen-bond acceptors (Lipinski definition) is 4. The van der Waals surface area contributed by atoms with Crippen LogP contribution in [0, 0.1) is 0 Å². The van der Waals surface area contributed by atoms with Crippen molar-refractivity contribution in [2.75, 3.05) is 19.8 Å². The van der Waals surface area contributed by atoms with Crippen molar-refractivity contribution in [3.63, 3.8) is 0 Å². The molecule has 4 nitrogen and oxygen atoms in total. The molecule has 0 spiro atoms. The first-order valence-electron chi connectivity index (χ1n) is 5.79. The average Bonchev–Trinajstić information content (AvgIpc) is 2.32. The van der Waals surface area contributed by atoms with E-state index in [1.54, 1.807) is 25.1 Å². The molecule has 0 unspecified atom stereocenters. The molecule has 0 aromatic heterocycles. The Morgan fingerprint density at radius 1 is 1.06 bits per heavy atom. The summed E-state index contributed by atoms with van der Waals surface area (Å²) in [5.74, 6) is 0.769. The number of esters is 1. The van der Waals surface area contributed by atoms with Crippen LogP contribution in [0.2, 0.25) is 0 Å². The molecular formula is C13H18O4. The van der Waals surface area contributed by atoms with Crippen molar-refractivity contribution >= 4 is 5.97 Å². The first-order chi connectivity index (χ1) is 8.22. The van der Waals surface area contributed by atoms with Crippen LogP contribution < -0.4 is 9.47 Å². The normalized spacial score (nSPS) is 9.82. The van der Waals surface area contributed by atoms with Crippen LogP contribution >= 0.6 is 0 Å². The summed E-state index contributed by atoms with van der Waals surface area (Å²) in [5.41, 5.74) is 0.402. The quantitative estimate of drug-likeness (QED) is 0.715. The Balaban J connectivity index is 3.01.